The molecule has 6 N–H and O–H groups in total. The van der Waals surface area contributed by atoms with Crippen LogP contribution in [0.1, 0.15) is 12.8 Å². The average Bonchev–Trinajstić information content (AvgIpc) is 2.11. The zero-order valence-electron chi connectivity index (χ0n) is 7.66. The van der Waals surface area contributed by atoms with E-state index in [1.807, 2.05) is 0 Å². The second kappa shape index (κ2) is 6.24. The van der Waals surface area contributed by atoms with Gasteiger partial charge in [-0.25, -0.2) is 4.79 Å². The van der Waals surface area contributed by atoms with Crippen LogP contribution in [-0.2, 0) is 4.79 Å². The molecule has 0 unspecified atom stereocenters. The molecule has 0 aliphatic heterocycles. The van der Waals surface area contributed by atoms with Gasteiger partial charge in [0.15, 0.2) is 5.96 Å². The average molecular weight is 188 g/mol. The van der Waals surface area contributed by atoms with Gasteiger partial charge in [-0.1, -0.05) is 0 Å². The van der Waals surface area contributed by atoms with Gasteiger partial charge in [0, 0.05) is 7.05 Å². The minimum Gasteiger partial charge on any atom is -0.480 e. The van der Waals surface area contributed by atoms with Crippen molar-refractivity contribution in [2.24, 2.45) is 16.5 Å². The van der Waals surface area contributed by atoms with E-state index in [1.165, 1.54) is 7.05 Å². The van der Waals surface area contributed by atoms with Crippen LogP contribution in [0.3, 0.4) is 0 Å². The summed E-state index contributed by atoms with van der Waals surface area (Å²) in [6.45, 7) is 0.467. The zero-order chi connectivity index (χ0) is 10.3. The van der Waals surface area contributed by atoms with E-state index < -0.39 is 12.0 Å². The second-order valence-electron chi connectivity index (χ2n) is 2.57. The third-order valence-electron chi connectivity index (χ3n) is 1.56. The highest BCUT2D eigenvalue weighted by Crippen LogP contribution is 1.95. The lowest BCUT2D eigenvalue weighted by molar-refractivity contribution is -0.139. The number of aliphatic imine (C=N–C) groups is 1. The first-order valence-electron chi connectivity index (χ1n) is 4.03. The van der Waals surface area contributed by atoms with Crippen molar-refractivity contribution in [3.8, 4) is 0 Å². The van der Waals surface area contributed by atoms with Gasteiger partial charge in [0.1, 0.15) is 6.04 Å². The molecular formula is C7H16N4O2. The SMILES string of the molecule is CN=C(N)N[C@@H](CCCN)C(=O)O. The highest BCUT2D eigenvalue weighted by Gasteiger charge is 2.16. The number of guanidine groups is 1. The predicted molar refractivity (Wildman–Crippen MR) is 50.4 cm³/mol. The fourth-order valence-electron chi connectivity index (χ4n) is 0.822. The Labute approximate surface area is 77.0 Å². The molecule has 0 spiro atoms. The number of carbonyl (C=O) groups is 1. The van der Waals surface area contributed by atoms with Gasteiger partial charge in [-0.3, -0.25) is 4.99 Å². The first-order valence-corrected chi connectivity index (χ1v) is 4.03. The maximum absolute atomic E-state index is 10.6. The predicted octanol–water partition coefficient (Wildman–Crippen LogP) is -1.29. The summed E-state index contributed by atoms with van der Waals surface area (Å²) in [6.07, 6.45) is 1.09. The number of nitrogens with two attached hydrogens (primary N) is 2. The van der Waals surface area contributed by atoms with Crippen LogP contribution in [-0.4, -0.2) is 36.7 Å². The molecule has 0 radical (unpaired) electrons. The lowest BCUT2D eigenvalue weighted by Gasteiger charge is -2.13. The number of carboxylic acid groups (broad SMARTS) is 1. The molecule has 0 saturated carbocycles. The molecule has 6 nitrogen and oxygen atoms in total. The molecular weight excluding hydrogens is 172 g/mol. The number of hydrogen-bond donors (Lipinski definition) is 4. The van der Waals surface area contributed by atoms with Crippen LogP contribution in [0.5, 0.6) is 0 Å². The smallest absolute Gasteiger partial charge is 0.326 e. The Morgan fingerprint density at radius 2 is 2.31 bits per heavy atom. The van der Waals surface area contributed by atoms with E-state index in [1.54, 1.807) is 0 Å². The van der Waals surface area contributed by atoms with Crippen LogP contribution in [0, 0.1) is 0 Å². The zero-order valence-corrected chi connectivity index (χ0v) is 7.66. The lowest BCUT2D eigenvalue weighted by Crippen LogP contribution is -2.44. The van der Waals surface area contributed by atoms with Crippen molar-refractivity contribution in [1.82, 2.24) is 5.32 Å². The van der Waals surface area contributed by atoms with Crippen LogP contribution < -0.4 is 16.8 Å². The van der Waals surface area contributed by atoms with Crippen molar-refractivity contribution in [3.63, 3.8) is 0 Å². The third-order valence-corrected chi connectivity index (χ3v) is 1.56. The maximum atomic E-state index is 10.6. The van der Waals surface area contributed by atoms with E-state index in [0.717, 1.165) is 0 Å². The van der Waals surface area contributed by atoms with E-state index >= 15 is 0 Å². The maximum Gasteiger partial charge on any atom is 0.326 e. The Kier molecular flexibility index (Phi) is 5.62. The molecule has 0 heterocycles. The largest absolute Gasteiger partial charge is 0.480 e. The van der Waals surface area contributed by atoms with Crippen molar-refractivity contribution in [3.05, 3.63) is 0 Å². The minimum atomic E-state index is -0.944. The summed E-state index contributed by atoms with van der Waals surface area (Å²) in [5, 5.41) is 11.3. The monoisotopic (exact) mass is 188 g/mol. The Balaban J connectivity index is 4.02. The van der Waals surface area contributed by atoms with Gasteiger partial charge in [0.05, 0.1) is 0 Å². The van der Waals surface area contributed by atoms with Crippen molar-refractivity contribution in [1.29, 1.82) is 0 Å². The van der Waals surface area contributed by atoms with Gasteiger partial charge >= 0.3 is 5.97 Å². The highest BCUT2D eigenvalue weighted by molar-refractivity contribution is 5.84. The highest BCUT2D eigenvalue weighted by atomic mass is 16.4. The summed E-state index contributed by atoms with van der Waals surface area (Å²) in [5.74, 6) is -0.815. The fourth-order valence-corrected chi connectivity index (χ4v) is 0.822. The molecule has 76 valence electrons. The van der Waals surface area contributed by atoms with Crippen molar-refractivity contribution >= 4 is 11.9 Å². The third kappa shape index (κ3) is 5.02. The quantitative estimate of drug-likeness (QED) is 0.317. The summed E-state index contributed by atoms with van der Waals surface area (Å²) in [4.78, 5) is 14.3. The molecule has 0 aromatic rings. The molecule has 0 aliphatic carbocycles. The molecule has 0 fully saturated rings. The van der Waals surface area contributed by atoms with Gasteiger partial charge < -0.3 is 21.9 Å². The van der Waals surface area contributed by atoms with Crippen LogP contribution in [0.25, 0.3) is 0 Å². The van der Waals surface area contributed by atoms with Crippen LogP contribution >= 0.6 is 0 Å². The number of aliphatic carboxylic acids is 1. The first-order chi connectivity index (χ1) is 6.11. The normalized spacial score (nSPS) is 13.8. The van der Waals surface area contributed by atoms with E-state index in [4.69, 9.17) is 16.6 Å². The van der Waals surface area contributed by atoms with Gasteiger partial charge in [0.25, 0.3) is 0 Å². The Hall–Kier alpha value is -1.30. The molecule has 0 amide bonds. The van der Waals surface area contributed by atoms with Crippen molar-refractivity contribution in [2.45, 2.75) is 18.9 Å². The van der Waals surface area contributed by atoms with Crippen molar-refractivity contribution < 1.29 is 9.90 Å². The van der Waals surface area contributed by atoms with Crippen LogP contribution in [0.15, 0.2) is 4.99 Å². The summed E-state index contributed by atoms with van der Waals surface area (Å²) in [5.41, 5.74) is 10.6. The van der Waals surface area contributed by atoms with E-state index in [9.17, 15) is 4.79 Å². The number of nitrogens with zero attached hydrogens (tertiary/aromatic N) is 1. The molecule has 6 heteroatoms. The molecule has 1 atom stereocenters. The van der Waals surface area contributed by atoms with E-state index in [0.29, 0.717) is 19.4 Å². The molecule has 0 rings (SSSR count). The van der Waals surface area contributed by atoms with Crippen molar-refractivity contribution in [2.75, 3.05) is 13.6 Å². The Morgan fingerprint density at radius 3 is 2.69 bits per heavy atom. The molecule has 0 aliphatic rings. The molecule has 0 aromatic heterocycles. The number of hydrogen-bond acceptors (Lipinski definition) is 3. The van der Waals surface area contributed by atoms with Crippen LogP contribution in [0.2, 0.25) is 0 Å². The van der Waals surface area contributed by atoms with Crippen LogP contribution in [0.4, 0.5) is 0 Å². The molecule has 0 saturated heterocycles. The lowest BCUT2D eigenvalue weighted by atomic mass is 10.1. The molecule has 0 aromatic carbocycles. The van der Waals surface area contributed by atoms with Gasteiger partial charge in [-0.15, -0.1) is 0 Å². The Morgan fingerprint density at radius 1 is 1.69 bits per heavy atom. The summed E-state index contributed by atoms with van der Waals surface area (Å²) >= 11 is 0. The van der Waals surface area contributed by atoms with Gasteiger partial charge in [-0.05, 0) is 19.4 Å². The second-order valence-corrected chi connectivity index (χ2v) is 2.57. The number of nitrogens with one attached hydrogen (secondary N) is 1. The fraction of sp³-hybridized carbons (Fsp3) is 0.714. The first kappa shape index (κ1) is 11.7. The summed E-state index contributed by atoms with van der Waals surface area (Å²) < 4.78 is 0. The Bertz CT molecular complexity index is 193. The summed E-state index contributed by atoms with van der Waals surface area (Å²) in [6, 6.07) is -0.702. The van der Waals surface area contributed by atoms with Gasteiger partial charge in [-0.2, -0.15) is 0 Å². The van der Waals surface area contributed by atoms with E-state index in [-0.39, 0.29) is 5.96 Å². The number of carboxylic acids is 1. The standard InChI is InChI=1S/C7H16N4O2/c1-10-7(9)11-5(6(12)13)3-2-4-8/h5H,2-4,8H2,1H3,(H,12,13)(H3,9,10,11)/t5-/m0/s1. The topological polar surface area (TPSA) is 114 Å². The van der Waals surface area contributed by atoms with Gasteiger partial charge in [0.2, 0.25) is 0 Å². The van der Waals surface area contributed by atoms with E-state index in [2.05, 4.69) is 10.3 Å². The summed E-state index contributed by atoms with van der Waals surface area (Å²) in [7, 11) is 1.49. The minimum absolute atomic E-state index is 0.129. The molecule has 0 bridgehead atoms. The number of rotatable bonds is 5. The molecule has 13 heavy (non-hydrogen) atoms.